The monoisotopic (exact) mass is 266 g/mol. The minimum Gasteiger partial charge on any atom is -0.379 e. The van der Waals surface area contributed by atoms with Crippen molar-refractivity contribution in [1.82, 2.24) is 9.97 Å². The minimum absolute atomic E-state index is 0.0658. The lowest BCUT2D eigenvalue weighted by Crippen LogP contribution is -2.43. The molecule has 2 atom stereocenters. The van der Waals surface area contributed by atoms with E-state index in [4.69, 9.17) is 9.47 Å². The normalized spacial score (nSPS) is 23.1. The zero-order valence-electron chi connectivity index (χ0n) is 11.8. The van der Waals surface area contributed by atoms with E-state index in [1.54, 1.807) is 13.4 Å². The lowest BCUT2D eigenvalue weighted by Gasteiger charge is -2.31. The summed E-state index contributed by atoms with van der Waals surface area (Å²) < 4.78 is 10.8. The van der Waals surface area contributed by atoms with Crippen molar-refractivity contribution in [3.8, 4) is 0 Å². The lowest BCUT2D eigenvalue weighted by molar-refractivity contribution is -0.0367. The molecular weight excluding hydrogens is 244 g/mol. The Hall–Kier alpha value is -1.40. The molecule has 0 unspecified atom stereocenters. The number of nitrogens with one attached hydrogen (secondary N) is 1. The third-order valence-electron chi connectivity index (χ3n) is 3.46. The smallest absolute Gasteiger partial charge is 0.133 e. The molecule has 1 aromatic rings. The summed E-state index contributed by atoms with van der Waals surface area (Å²) in [7, 11) is 3.73. The van der Waals surface area contributed by atoms with Crippen LogP contribution < -0.4 is 10.2 Å². The summed E-state index contributed by atoms with van der Waals surface area (Å²) in [6.45, 7) is 4.38. The van der Waals surface area contributed by atoms with Gasteiger partial charge in [0.1, 0.15) is 24.1 Å². The molecule has 1 aliphatic heterocycles. The molecule has 1 N–H and O–H groups in total. The van der Waals surface area contributed by atoms with Gasteiger partial charge in [0.15, 0.2) is 0 Å². The molecule has 1 fully saturated rings. The highest BCUT2D eigenvalue weighted by Crippen LogP contribution is 2.18. The minimum atomic E-state index is 0.0658. The maximum Gasteiger partial charge on any atom is 0.133 e. The maximum absolute atomic E-state index is 5.43. The molecule has 0 bridgehead atoms. The van der Waals surface area contributed by atoms with Crippen LogP contribution in [0, 0.1) is 0 Å². The van der Waals surface area contributed by atoms with E-state index in [2.05, 4.69) is 27.1 Å². The van der Waals surface area contributed by atoms with Gasteiger partial charge >= 0.3 is 0 Å². The molecule has 0 spiro atoms. The van der Waals surface area contributed by atoms with E-state index in [0.717, 1.165) is 31.2 Å². The summed E-state index contributed by atoms with van der Waals surface area (Å²) in [5, 5.41) is 3.42. The standard InChI is InChI=1S/C13H22N4O2/c1-4-17(2)13-7-12(14-9-15-13)16-10-5-6-19-8-11(10)18-3/h7,9-11H,4-6,8H2,1-3H3,(H,14,15,16)/t10-,11-/m0/s1. The first-order valence-corrected chi connectivity index (χ1v) is 6.64. The molecular formula is C13H22N4O2. The Morgan fingerprint density at radius 3 is 3.11 bits per heavy atom. The Morgan fingerprint density at radius 1 is 1.53 bits per heavy atom. The number of hydrogen-bond acceptors (Lipinski definition) is 6. The molecule has 106 valence electrons. The van der Waals surface area contributed by atoms with E-state index in [0.29, 0.717) is 6.61 Å². The highest BCUT2D eigenvalue weighted by molar-refractivity contribution is 5.48. The molecule has 6 nitrogen and oxygen atoms in total. The Bertz CT molecular complexity index is 402. The molecule has 19 heavy (non-hydrogen) atoms. The molecule has 0 saturated carbocycles. The van der Waals surface area contributed by atoms with Crippen LogP contribution in [-0.2, 0) is 9.47 Å². The van der Waals surface area contributed by atoms with Crippen LogP contribution in [0.25, 0.3) is 0 Å². The Balaban J connectivity index is 2.05. The zero-order chi connectivity index (χ0) is 13.7. The summed E-state index contributed by atoms with van der Waals surface area (Å²) >= 11 is 0. The first-order chi connectivity index (χ1) is 9.24. The van der Waals surface area contributed by atoms with Crippen molar-refractivity contribution >= 4 is 11.6 Å². The van der Waals surface area contributed by atoms with Crippen LogP contribution >= 0.6 is 0 Å². The van der Waals surface area contributed by atoms with Gasteiger partial charge in [-0.2, -0.15) is 0 Å². The first kappa shape index (κ1) is 14.0. The van der Waals surface area contributed by atoms with Gasteiger partial charge in [0.2, 0.25) is 0 Å². The molecule has 2 rings (SSSR count). The number of methoxy groups -OCH3 is 1. The third-order valence-corrected chi connectivity index (χ3v) is 3.46. The number of nitrogens with zero attached hydrogens (tertiary/aromatic N) is 3. The summed E-state index contributed by atoms with van der Waals surface area (Å²) in [5.74, 6) is 1.75. The van der Waals surface area contributed by atoms with Crippen molar-refractivity contribution < 1.29 is 9.47 Å². The quantitative estimate of drug-likeness (QED) is 0.862. The summed E-state index contributed by atoms with van der Waals surface area (Å²) in [6.07, 6.45) is 2.57. The van der Waals surface area contributed by atoms with E-state index < -0.39 is 0 Å². The fraction of sp³-hybridized carbons (Fsp3) is 0.692. The van der Waals surface area contributed by atoms with Gasteiger partial charge in [-0.15, -0.1) is 0 Å². The van der Waals surface area contributed by atoms with Gasteiger partial charge in [-0.25, -0.2) is 9.97 Å². The van der Waals surface area contributed by atoms with Crippen molar-refractivity contribution in [3.05, 3.63) is 12.4 Å². The second-order valence-electron chi connectivity index (χ2n) is 4.66. The summed E-state index contributed by atoms with van der Waals surface area (Å²) in [4.78, 5) is 10.6. The van der Waals surface area contributed by atoms with Crippen LogP contribution in [0.2, 0.25) is 0 Å². The van der Waals surface area contributed by atoms with Crippen molar-refractivity contribution in [2.24, 2.45) is 0 Å². The SMILES string of the molecule is CCN(C)c1cc(N[C@H]2CCOC[C@@H]2OC)ncn1. The second-order valence-corrected chi connectivity index (χ2v) is 4.66. The molecule has 0 aliphatic carbocycles. The van der Waals surface area contributed by atoms with Crippen molar-refractivity contribution in [1.29, 1.82) is 0 Å². The highest BCUT2D eigenvalue weighted by Gasteiger charge is 2.25. The van der Waals surface area contributed by atoms with Crippen molar-refractivity contribution in [2.45, 2.75) is 25.5 Å². The fourth-order valence-electron chi connectivity index (χ4n) is 2.10. The molecule has 6 heteroatoms. The van der Waals surface area contributed by atoms with Crippen LogP contribution in [0.3, 0.4) is 0 Å². The molecule has 0 amide bonds. The molecule has 0 radical (unpaired) electrons. The Morgan fingerprint density at radius 2 is 2.37 bits per heavy atom. The molecule has 0 aromatic carbocycles. The second kappa shape index (κ2) is 6.68. The van der Waals surface area contributed by atoms with Crippen molar-refractivity contribution in [3.63, 3.8) is 0 Å². The molecule has 1 aliphatic rings. The highest BCUT2D eigenvalue weighted by atomic mass is 16.5. The van der Waals surface area contributed by atoms with E-state index >= 15 is 0 Å². The summed E-state index contributed by atoms with van der Waals surface area (Å²) in [5.41, 5.74) is 0. The first-order valence-electron chi connectivity index (χ1n) is 6.64. The Labute approximate surface area is 114 Å². The number of ether oxygens (including phenoxy) is 2. The van der Waals surface area contributed by atoms with Crippen LogP contribution in [0.5, 0.6) is 0 Å². The lowest BCUT2D eigenvalue weighted by atomic mass is 10.1. The molecule has 2 heterocycles. The van der Waals surface area contributed by atoms with Crippen LogP contribution in [-0.4, -0.2) is 56.0 Å². The average molecular weight is 266 g/mol. The van der Waals surface area contributed by atoms with Gasteiger partial charge < -0.3 is 19.7 Å². The maximum atomic E-state index is 5.43. The van der Waals surface area contributed by atoms with Crippen LogP contribution in [0.15, 0.2) is 12.4 Å². The van der Waals surface area contributed by atoms with Gasteiger partial charge in [0.25, 0.3) is 0 Å². The number of rotatable bonds is 5. The van der Waals surface area contributed by atoms with Gasteiger partial charge in [0, 0.05) is 33.4 Å². The fourth-order valence-corrected chi connectivity index (χ4v) is 2.10. The van der Waals surface area contributed by atoms with Gasteiger partial charge in [-0.1, -0.05) is 0 Å². The van der Waals surface area contributed by atoms with Crippen LogP contribution in [0.1, 0.15) is 13.3 Å². The summed E-state index contributed by atoms with van der Waals surface area (Å²) in [6, 6.07) is 2.19. The number of anilines is 2. The molecule has 1 aromatic heterocycles. The molecule has 1 saturated heterocycles. The number of aromatic nitrogens is 2. The predicted octanol–water partition coefficient (Wildman–Crippen LogP) is 1.15. The van der Waals surface area contributed by atoms with Crippen molar-refractivity contribution in [2.75, 3.05) is 44.1 Å². The zero-order valence-corrected chi connectivity index (χ0v) is 11.8. The van der Waals surface area contributed by atoms with E-state index in [9.17, 15) is 0 Å². The van der Waals surface area contributed by atoms with Gasteiger partial charge in [-0.05, 0) is 13.3 Å². The predicted molar refractivity (Wildman–Crippen MR) is 74.6 cm³/mol. The number of hydrogen-bond donors (Lipinski definition) is 1. The van der Waals surface area contributed by atoms with E-state index in [1.807, 2.05) is 13.1 Å². The largest absolute Gasteiger partial charge is 0.379 e. The van der Waals surface area contributed by atoms with Gasteiger partial charge in [-0.3, -0.25) is 0 Å². The average Bonchev–Trinajstić information content (AvgIpc) is 2.47. The van der Waals surface area contributed by atoms with Gasteiger partial charge in [0.05, 0.1) is 12.6 Å². The third kappa shape index (κ3) is 3.54. The van der Waals surface area contributed by atoms with Crippen LogP contribution in [0.4, 0.5) is 11.6 Å². The topological polar surface area (TPSA) is 59.5 Å². The van der Waals surface area contributed by atoms with E-state index in [1.165, 1.54) is 0 Å². The Kier molecular flexibility index (Phi) is 4.93. The van der Waals surface area contributed by atoms with E-state index in [-0.39, 0.29) is 12.1 Å².